The van der Waals surface area contributed by atoms with Crippen molar-refractivity contribution in [3.8, 4) is 0 Å². The molecular formula is C6H11NO2. The Labute approximate surface area is 54.2 Å². The molecule has 1 aliphatic carbocycles. The molecule has 0 heterocycles. The van der Waals surface area contributed by atoms with Crippen molar-refractivity contribution in [2.75, 3.05) is 6.54 Å². The third kappa shape index (κ3) is 7.17. The van der Waals surface area contributed by atoms with Crippen LogP contribution < -0.4 is 5.73 Å². The lowest BCUT2D eigenvalue weighted by Gasteiger charge is -1.92. The molecule has 1 rings (SSSR count). The molecule has 0 amide bonds. The van der Waals surface area contributed by atoms with E-state index in [1.165, 1.54) is 12.8 Å². The van der Waals surface area contributed by atoms with Gasteiger partial charge in [0.05, 0.1) is 6.54 Å². The van der Waals surface area contributed by atoms with Crippen LogP contribution in [0.3, 0.4) is 0 Å². The summed E-state index contributed by atoms with van der Waals surface area (Å²) in [5.74, 6) is -0.968. The second kappa shape index (κ2) is 5.31. The predicted molar refractivity (Wildman–Crippen MR) is 35.1 cm³/mol. The molecule has 0 atom stereocenters. The topological polar surface area (TPSA) is 63.3 Å². The van der Waals surface area contributed by atoms with E-state index in [1.807, 2.05) is 0 Å². The molecule has 0 aromatic heterocycles. The molecule has 3 N–H and O–H groups in total. The Morgan fingerprint density at radius 3 is 1.78 bits per heavy atom. The van der Waals surface area contributed by atoms with Gasteiger partial charge >= 0.3 is 5.97 Å². The molecular weight excluding hydrogens is 118 g/mol. The first-order chi connectivity index (χ1) is 4.27. The van der Waals surface area contributed by atoms with Crippen LogP contribution in [0.15, 0.2) is 12.2 Å². The summed E-state index contributed by atoms with van der Waals surface area (Å²) in [4.78, 5) is 9.24. The number of carbonyl (C=O) groups is 1. The molecule has 0 spiro atoms. The van der Waals surface area contributed by atoms with E-state index in [0.29, 0.717) is 0 Å². The monoisotopic (exact) mass is 129 g/mol. The van der Waals surface area contributed by atoms with Crippen molar-refractivity contribution in [3.63, 3.8) is 0 Å². The molecule has 3 heteroatoms. The number of allylic oxidation sites excluding steroid dienone is 2. The van der Waals surface area contributed by atoms with Crippen LogP contribution in [0, 0.1) is 0 Å². The summed E-state index contributed by atoms with van der Waals surface area (Å²) in [7, 11) is 0. The van der Waals surface area contributed by atoms with E-state index in [2.05, 4.69) is 17.9 Å². The van der Waals surface area contributed by atoms with Gasteiger partial charge in [-0.15, -0.1) is 0 Å². The van der Waals surface area contributed by atoms with Crippen LogP contribution in [0.2, 0.25) is 0 Å². The summed E-state index contributed by atoms with van der Waals surface area (Å²) in [6.07, 6.45) is 7.00. The van der Waals surface area contributed by atoms with Crippen LogP contribution in [-0.4, -0.2) is 17.6 Å². The molecule has 0 saturated carbocycles. The summed E-state index contributed by atoms with van der Waals surface area (Å²) in [6.45, 7) is -0.278. The van der Waals surface area contributed by atoms with Crippen molar-refractivity contribution in [2.24, 2.45) is 5.73 Å². The van der Waals surface area contributed by atoms with Gasteiger partial charge in [-0.2, -0.15) is 0 Å². The number of hydrogen-bond acceptors (Lipinski definition) is 2. The predicted octanol–water partition coefficient (Wildman–Crippen LogP) is 0.366. The van der Waals surface area contributed by atoms with Gasteiger partial charge < -0.3 is 10.8 Å². The highest BCUT2D eigenvalue weighted by Crippen LogP contribution is 2.01. The third-order valence-corrected chi connectivity index (χ3v) is 0.841. The Kier molecular flexibility index (Phi) is 4.82. The lowest BCUT2D eigenvalue weighted by atomic mass is 10.1. The molecule has 0 aromatic rings. The first kappa shape index (κ1) is 8.17. The van der Waals surface area contributed by atoms with Crippen LogP contribution in [0.5, 0.6) is 0 Å². The molecule has 1 aliphatic rings. The molecule has 0 bridgehead atoms. The summed E-state index contributed by atoms with van der Waals surface area (Å²) in [5.41, 5.74) is 4.57. The Bertz CT molecular complexity index is 104. The third-order valence-electron chi connectivity index (χ3n) is 0.841. The minimum Gasteiger partial charge on any atom is -0.480 e. The molecule has 0 aliphatic heterocycles. The fourth-order valence-corrected chi connectivity index (χ4v) is 0.167. The Morgan fingerprint density at radius 2 is 1.78 bits per heavy atom. The first-order valence-electron chi connectivity index (χ1n) is 2.84. The Hall–Kier alpha value is -0.830. The number of nitrogens with two attached hydrogens (primary N) is 1. The van der Waals surface area contributed by atoms with Crippen molar-refractivity contribution in [2.45, 2.75) is 12.8 Å². The highest BCUT2D eigenvalue weighted by Gasteiger charge is 1.81. The average molecular weight is 129 g/mol. The minimum atomic E-state index is -0.968. The van der Waals surface area contributed by atoms with E-state index in [9.17, 15) is 4.79 Å². The summed E-state index contributed by atoms with van der Waals surface area (Å²) < 4.78 is 0. The van der Waals surface area contributed by atoms with Gasteiger partial charge in [-0.25, -0.2) is 0 Å². The van der Waals surface area contributed by atoms with E-state index < -0.39 is 5.97 Å². The highest BCUT2D eigenvalue weighted by atomic mass is 16.4. The fourth-order valence-electron chi connectivity index (χ4n) is 0.167. The number of aliphatic carboxylic acids is 1. The van der Waals surface area contributed by atoms with Crippen LogP contribution in [0.25, 0.3) is 0 Å². The molecule has 3 nitrogen and oxygen atoms in total. The maximum absolute atomic E-state index is 9.24. The molecule has 52 valence electrons. The number of hydrogen-bond donors (Lipinski definition) is 2. The van der Waals surface area contributed by atoms with Crippen molar-refractivity contribution in [1.82, 2.24) is 0 Å². The van der Waals surface area contributed by atoms with Crippen molar-refractivity contribution < 1.29 is 9.90 Å². The minimum absolute atomic E-state index is 0.278. The lowest BCUT2D eigenvalue weighted by Crippen LogP contribution is -2.10. The van der Waals surface area contributed by atoms with Crippen LogP contribution in [0.1, 0.15) is 12.8 Å². The molecule has 0 unspecified atom stereocenters. The van der Waals surface area contributed by atoms with Crippen molar-refractivity contribution in [3.05, 3.63) is 12.2 Å². The first-order valence-corrected chi connectivity index (χ1v) is 2.84. The number of carboxylic acids is 1. The molecule has 0 saturated heterocycles. The van der Waals surface area contributed by atoms with Gasteiger partial charge in [0, 0.05) is 0 Å². The maximum atomic E-state index is 9.24. The number of rotatable bonds is 1. The number of carboxylic acid groups (broad SMARTS) is 1. The smallest absolute Gasteiger partial charge is 0.317 e. The van der Waals surface area contributed by atoms with Gasteiger partial charge in [-0.3, -0.25) is 4.79 Å². The van der Waals surface area contributed by atoms with Crippen molar-refractivity contribution in [1.29, 1.82) is 0 Å². The zero-order valence-corrected chi connectivity index (χ0v) is 5.21. The molecule has 9 heavy (non-hydrogen) atoms. The van der Waals surface area contributed by atoms with Crippen LogP contribution in [-0.2, 0) is 4.79 Å². The summed E-state index contributed by atoms with van der Waals surface area (Å²) in [6, 6.07) is 0. The van der Waals surface area contributed by atoms with E-state index >= 15 is 0 Å². The van der Waals surface area contributed by atoms with Gasteiger partial charge in [0.15, 0.2) is 0 Å². The molecule has 0 radical (unpaired) electrons. The van der Waals surface area contributed by atoms with Crippen LogP contribution in [0.4, 0.5) is 0 Å². The standard InChI is InChI=1S/C4H6.C2H5NO2/c1-2-4-3-1;3-1-2(4)5/h1-2H,3-4H2;1,3H2,(H,4,5). The summed E-state index contributed by atoms with van der Waals surface area (Å²) in [5, 5.41) is 7.60. The van der Waals surface area contributed by atoms with Crippen molar-refractivity contribution >= 4 is 5.97 Å². The second-order valence-corrected chi connectivity index (χ2v) is 1.65. The zero-order chi connectivity index (χ0) is 7.11. The van der Waals surface area contributed by atoms with Gasteiger partial charge in [-0.05, 0) is 12.8 Å². The Balaban J connectivity index is 0.000000144. The second-order valence-electron chi connectivity index (χ2n) is 1.65. The van der Waals surface area contributed by atoms with Gasteiger partial charge in [0.2, 0.25) is 0 Å². The van der Waals surface area contributed by atoms with Gasteiger partial charge in [0.25, 0.3) is 0 Å². The SMILES string of the molecule is C1=CCC1.NCC(=O)O. The van der Waals surface area contributed by atoms with E-state index in [-0.39, 0.29) is 6.54 Å². The average Bonchev–Trinajstić information content (AvgIpc) is 1.61. The maximum Gasteiger partial charge on any atom is 0.317 e. The quantitative estimate of drug-likeness (QED) is 0.502. The Morgan fingerprint density at radius 1 is 1.56 bits per heavy atom. The molecule has 0 aromatic carbocycles. The van der Waals surface area contributed by atoms with Gasteiger partial charge in [0.1, 0.15) is 0 Å². The lowest BCUT2D eigenvalue weighted by molar-refractivity contribution is -0.135. The largest absolute Gasteiger partial charge is 0.480 e. The molecule has 0 fully saturated rings. The highest BCUT2D eigenvalue weighted by molar-refractivity contribution is 5.68. The fraction of sp³-hybridized carbons (Fsp3) is 0.500. The van der Waals surface area contributed by atoms with Crippen LogP contribution >= 0.6 is 0 Å². The van der Waals surface area contributed by atoms with E-state index in [4.69, 9.17) is 5.11 Å². The summed E-state index contributed by atoms with van der Waals surface area (Å²) >= 11 is 0. The van der Waals surface area contributed by atoms with E-state index in [0.717, 1.165) is 0 Å². The zero-order valence-electron chi connectivity index (χ0n) is 5.21. The van der Waals surface area contributed by atoms with Gasteiger partial charge in [-0.1, -0.05) is 12.2 Å². The van der Waals surface area contributed by atoms with E-state index in [1.54, 1.807) is 0 Å². The normalized spacial score (nSPS) is 13.0.